The van der Waals surface area contributed by atoms with Gasteiger partial charge in [0.2, 0.25) is 0 Å². The summed E-state index contributed by atoms with van der Waals surface area (Å²) >= 11 is 0. The second kappa shape index (κ2) is 5.20. The van der Waals surface area contributed by atoms with Crippen LogP contribution in [0.3, 0.4) is 0 Å². The molecule has 0 saturated heterocycles. The lowest BCUT2D eigenvalue weighted by atomic mass is 9.70. The smallest absolute Gasteiger partial charge is 0.118 e. The molecule has 1 N–H and O–H groups in total. The van der Waals surface area contributed by atoms with Gasteiger partial charge in [0.1, 0.15) is 5.75 Å². The van der Waals surface area contributed by atoms with Crippen LogP contribution in [0.5, 0.6) is 5.75 Å². The molecule has 0 spiro atoms. The third kappa shape index (κ3) is 2.78. The van der Waals surface area contributed by atoms with E-state index in [9.17, 15) is 0 Å². The maximum Gasteiger partial charge on any atom is 0.118 e. The van der Waals surface area contributed by atoms with Crippen molar-refractivity contribution < 1.29 is 4.74 Å². The van der Waals surface area contributed by atoms with Crippen molar-refractivity contribution in [2.45, 2.75) is 25.8 Å². The van der Waals surface area contributed by atoms with Crippen molar-refractivity contribution in [3.63, 3.8) is 0 Å². The lowest BCUT2D eigenvalue weighted by Gasteiger charge is -2.35. The summed E-state index contributed by atoms with van der Waals surface area (Å²) in [6.45, 7) is 1.61. The Morgan fingerprint density at radius 1 is 1.35 bits per heavy atom. The van der Waals surface area contributed by atoms with Gasteiger partial charge in [0.25, 0.3) is 0 Å². The van der Waals surface area contributed by atoms with Gasteiger partial charge in [0.05, 0.1) is 18.6 Å². The summed E-state index contributed by atoms with van der Waals surface area (Å²) in [6, 6.07) is 10.4. The number of nitrogens with one attached hydrogen (secondary N) is 1. The Bertz CT molecular complexity index is 401. The van der Waals surface area contributed by atoms with Gasteiger partial charge in [-0.1, -0.05) is 18.6 Å². The van der Waals surface area contributed by atoms with Crippen LogP contribution in [-0.4, -0.2) is 13.7 Å². The number of benzene rings is 1. The van der Waals surface area contributed by atoms with Crippen molar-refractivity contribution in [1.29, 1.82) is 5.26 Å². The number of hydrogen-bond acceptors (Lipinski definition) is 3. The molecule has 1 saturated carbocycles. The lowest BCUT2D eigenvalue weighted by Crippen LogP contribution is -2.38. The van der Waals surface area contributed by atoms with E-state index >= 15 is 0 Å². The van der Waals surface area contributed by atoms with Crippen molar-refractivity contribution in [2.24, 2.45) is 5.41 Å². The van der Waals surface area contributed by atoms with Crippen molar-refractivity contribution in [3.8, 4) is 11.8 Å². The zero-order valence-corrected chi connectivity index (χ0v) is 10.2. The second-order valence-electron chi connectivity index (χ2n) is 4.70. The number of rotatable bonds is 5. The third-order valence-electron chi connectivity index (χ3n) is 3.50. The minimum absolute atomic E-state index is 0.0908. The van der Waals surface area contributed by atoms with Crippen LogP contribution in [0.15, 0.2) is 24.3 Å². The van der Waals surface area contributed by atoms with E-state index in [0.717, 1.165) is 31.7 Å². The van der Waals surface area contributed by atoms with Crippen molar-refractivity contribution in [1.82, 2.24) is 5.32 Å². The van der Waals surface area contributed by atoms with Crippen LogP contribution < -0.4 is 10.1 Å². The third-order valence-corrected chi connectivity index (χ3v) is 3.50. The maximum absolute atomic E-state index is 9.10. The first kappa shape index (κ1) is 11.9. The van der Waals surface area contributed by atoms with Crippen molar-refractivity contribution in [2.75, 3.05) is 13.7 Å². The Labute approximate surface area is 102 Å². The summed E-state index contributed by atoms with van der Waals surface area (Å²) in [5.74, 6) is 0.876. The summed E-state index contributed by atoms with van der Waals surface area (Å²) in [5, 5.41) is 12.5. The van der Waals surface area contributed by atoms with Gasteiger partial charge < -0.3 is 10.1 Å². The molecule has 2 rings (SSSR count). The number of methoxy groups -OCH3 is 1. The van der Waals surface area contributed by atoms with Gasteiger partial charge in [-0.05, 0) is 30.5 Å². The molecule has 0 unspecified atom stereocenters. The van der Waals surface area contributed by atoms with E-state index in [4.69, 9.17) is 10.00 Å². The molecule has 3 nitrogen and oxygen atoms in total. The Morgan fingerprint density at radius 3 is 2.53 bits per heavy atom. The van der Waals surface area contributed by atoms with E-state index in [1.54, 1.807) is 7.11 Å². The minimum Gasteiger partial charge on any atom is -0.497 e. The van der Waals surface area contributed by atoms with Crippen LogP contribution in [0.2, 0.25) is 0 Å². The fraction of sp³-hybridized carbons (Fsp3) is 0.500. The molecule has 17 heavy (non-hydrogen) atoms. The molecule has 0 heterocycles. The van der Waals surface area contributed by atoms with Crippen molar-refractivity contribution >= 4 is 0 Å². The summed E-state index contributed by atoms with van der Waals surface area (Å²) < 4.78 is 5.11. The molecule has 90 valence electrons. The molecule has 1 fully saturated rings. The Balaban J connectivity index is 1.80. The van der Waals surface area contributed by atoms with Crippen LogP contribution in [0, 0.1) is 16.7 Å². The normalized spacial score (nSPS) is 16.9. The van der Waals surface area contributed by atoms with Gasteiger partial charge in [-0.15, -0.1) is 0 Å². The fourth-order valence-electron chi connectivity index (χ4n) is 2.12. The number of nitriles is 1. The van der Waals surface area contributed by atoms with Crippen LogP contribution in [0.25, 0.3) is 0 Å². The zero-order chi connectivity index (χ0) is 12.1. The number of ether oxygens (including phenoxy) is 1. The summed E-state index contributed by atoms with van der Waals surface area (Å²) in [4.78, 5) is 0. The van der Waals surface area contributed by atoms with Gasteiger partial charge in [0.15, 0.2) is 0 Å². The standard InChI is InChI=1S/C14H18N2O/c1-17-13-5-3-12(4-6-13)9-16-11-14(10-15)7-2-8-14/h3-6,16H,2,7-9,11H2,1H3. The van der Waals surface area contributed by atoms with E-state index in [0.29, 0.717) is 0 Å². The molecule has 0 radical (unpaired) electrons. The second-order valence-corrected chi connectivity index (χ2v) is 4.70. The quantitative estimate of drug-likeness (QED) is 0.845. The molecule has 1 aromatic rings. The first-order chi connectivity index (χ1) is 8.28. The SMILES string of the molecule is COc1ccc(CNCC2(C#N)CCC2)cc1. The highest BCUT2D eigenvalue weighted by Gasteiger charge is 2.36. The van der Waals surface area contributed by atoms with Gasteiger partial charge in [-0.3, -0.25) is 0 Å². The first-order valence-electron chi connectivity index (χ1n) is 6.03. The van der Waals surface area contributed by atoms with E-state index in [-0.39, 0.29) is 5.41 Å². The van der Waals surface area contributed by atoms with E-state index in [1.807, 2.05) is 24.3 Å². The van der Waals surface area contributed by atoms with E-state index < -0.39 is 0 Å². The highest BCUT2D eigenvalue weighted by atomic mass is 16.5. The predicted molar refractivity (Wildman–Crippen MR) is 66.6 cm³/mol. The monoisotopic (exact) mass is 230 g/mol. The van der Waals surface area contributed by atoms with Crippen LogP contribution >= 0.6 is 0 Å². The number of nitrogens with zero attached hydrogens (tertiary/aromatic N) is 1. The molecule has 1 aliphatic carbocycles. The molecule has 1 aliphatic rings. The Morgan fingerprint density at radius 2 is 2.06 bits per heavy atom. The molecule has 3 heteroatoms. The molecule has 1 aromatic carbocycles. The largest absolute Gasteiger partial charge is 0.497 e. The number of hydrogen-bond donors (Lipinski definition) is 1. The topological polar surface area (TPSA) is 45.0 Å². The summed E-state index contributed by atoms with van der Waals surface area (Å²) in [7, 11) is 1.67. The average Bonchev–Trinajstić information content (AvgIpc) is 2.33. The predicted octanol–water partition coefficient (Wildman–Crippen LogP) is 2.48. The average molecular weight is 230 g/mol. The van der Waals surface area contributed by atoms with Gasteiger partial charge in [-0.2, -0.15) is 5.26 Å². The summed E-state index contributed by atoms with van der Waals surface area (Å²) in [5.41, 5.74) is 1.13. The molecule has 0 bridgehead atoms. The van der Waals surface area contributed by atoms with Crippen LogP contribution in [-0.2, 0) is 6.54 Å². The van der Waals surface area contributed by atoms with Crippen molar-refractivity contribution in [3.05, 3.63) is 29.8 Å². The fourth-order valence-corrected chi connectivity index (χ4v) is 2.12. The molecule has 0 atom stereocenters. The van der Waals surface area contributed by atoms with Gasteiger partial charge in [-0.25, -0.2) is 0 Å². The Hall–Kier alpha value is -1.53. The molecule has 0 aromatic heterocycles. The molecule has 0 aliphatic heterocycles. The summed E-state index contributed by atoms with van der Waals surface area (Å²) in [6.07, 6.45) is 3.27. The van der Waals surface area contributed by atoms with E-state index in [2.05, 4.69) is 11.4 Å². The van der Waals surface area contributed by atoms with Crippen LogP contribution in [0.4, 0.5) is 0 Å². The van der Waals surface area contributed by atoms with Gasteiger partial charge in [0, 0.05) is 13.1 Å². The first-order valence-corrected chi connectivity index (χ1v) is 6.03. The van der Waals surface area contributed by atoms with Crippen LogP contribution in [0.1, 0.15) is 24.8 Å². The maximum atomic E-state index is 9.10. The lowest BCUT2D eigenvalue weighted by molar-refractivity contribution is 0.206. The zero-order valence-electron chi connectivity index (χ0n) is 10.2. The minimum atomic E-state index is -0.0908. The molecular formula is C14H18N2O. The Kier molecular flexibility index (Phi) is 3.65. The molecule has 0 amide bonds. The highest BCUT2D eigenvalue weighted by molar-refractivity contribution is 5.27. The van der Waals surface area contributed by atoms with Gasteiger partial charge >= 0.3 is 0 Å². The van der Waals surface area contributed by atoms with E-state index in [1.165, 1.54) is 12.0 Å². The molecular weight excluding hydrogens is 212 g/mol. The highest BCUT2D eigenvalue weighted by Crippen LogP contribution is 2.39.